The third-order valence-corrected chi connectivity index (χ3v) is 3.17. The molecule has 0 aliphatic carbocycles. The number of hydrogen-bond acceptors (Lipinski definition) is 3. The Hall–Kier alpha value is -0.380. The van der Waals surface area contributed by atoms with Gasteiger partial charge in [0.05, 0.1) is 18.8 Å². The average molecular weight is 196 g/mol. The lowest BCUT2D eigenvalue weighted by molar-refractivity contribution is -0.0426. The van der Waals surface area contributed by atoms with Crippen molar-refractivity contribution in [2.45, 2.75) is 19.1 Å². The largest absolute Gasteiger partial charge is 0.374 e. The summed E-state index contributed by atoms with van der Waals surface area (Å²) in [5, 5.41) is 0. The van der Waals surface area contributed by atoms with Crippen LogP contribution in [-0.2, 0) is 4.74 Å². The molecule has 2 unspecified atom stereocenters. The highest BCUT2D eigenvalue weighted by molar-refractivity contribution is 4.95. The van der Waals surface area contributed by atoms with Crippen LogP contribution < -0.4 is 0 Å². The fraction of sp³-hybridized carbons (Fsp3) is 0.818. The second-order valence-corrected chi connectivity index (χ2v) is 4.26. The molecule has 3 nitrogen and oxygen atoms in total. The van der Waals surface area contributed by atoms with Gasteiger partial charge in [-0.05, 0) is 14.0 Å². The van der Waals surface area contributed by atoms with E-state index in [4.69, 9.17) is 4.74 Å². The predicted molar refractivity (Wildman–Crippen MR) is 57.4 cm³/mol. The first-order valence-electron chi connectivity index (χ1n) is 5.46. The van der Waals surface area contributed by atoms with Crippen LogP contribution in [-0.4, -0.2) is 61.8 Å². The molecular weight excluding hydrogens is 176 g/mol. The lowest BCUT2D eigenvalue weighted by Gasteiger charge is -2.36. The van der Waals surface area contributed by atoms with Gasteiger partial charge in [-0.2, -0.15) is 0 Å². The first-order chi connectivity index (χ1) is 6.81. The Morgan fingerprint density at radius 1 is 1.43 bits per heavy atom. The van der Waals surface area contributed by atoms with Crippen LogP contribution in [0.1, 0.15) is 6.92 Å². The van der Waals surface area contributed by atoms with E-state index in [0.29, 0.717) is 12.1 Å². The molecule has 2 aliphatic rings. The van der Waals surface area contributed by atoms with Gasteiger partial charge in [-0.15, -0.1) is 0 Å². The van der Waals surface area contributed by atoms with E-state index in [0.717, 1.165) is 32.8 Å². The molecule has 2 aliphatic heterocycles. The number of fused-ring (bicyclic) bond motifs is 1. The van der Waals surface area contributed by atoms with Crippen LogP contribution in [0.4, 0.5) is 0 Å². The fourth-order valence-electron chi connectivity index (χ4n) is 2.41. The van der Waals surface area contributed by atoms with E-state index >= 15 is 0 Å². The van der Waals surface area contributed by atoms with Crippen molar-refractivity contribution in [3.05, 3.63) is 12.2 Å². The van der Waals surface area contributed by atoms with E-state index in [1.165, 1.54) is 0 Å². The van der Waals surface area contributed by atoms with Crippen LogP contribution in [0.15, 0.2) is 12.2 Å². The molecule has 2 rings (SSSR count). The zero-order valence-electron chi connectivity index (χ0n) is 9.15. The molecule has 3 heteroatoms. The number of rotatable bonds is 2. The second kappa shape index (κ2) is 4.43. The average Bonchev–Trinajstić information content (AvgIpc) is 2.55. The standard InChI is InChI=1S/C11H20N2O/c1-3-4-5-13-6-7-14-11-9-12(2)8-10(11)13/h3-4,10-11H,5-9H2,1-2H3/b4-3+. The van der Waals surface area contributed by atoms with Crippen LogP contribution in [0.3, 0.4) is 0 Å². The Kier molecular flexibility index (Phi) is 3.21. The topological polar surface area (TPSA) is 15.7 Å². The molecular formula is C11H20N2O. The Labute approximate surface area is 86.3 Å². The van der Waals surface area contributed by atoms with Crippen LogP contribution in [0.2, 0.25) is 0 Å². The molecule has 0 N–H and O–H groups in total. The van der Waals surface area contributed by atoms with Gasteiger partial charge in [0.2, 0.25) is 0 Å². The van der Waals surface area contributed by atoms with Crippen molar-refractivity contribution in [3.8, 4) is 0 Å². The number of likely N-dealkylation sites (N-methyl/N-ethyl adjacent to an activating group) is 1. The quantitative estimate of drug-likeness (QED) is 0.601. The van der Waals surface area contributed by atoms with E-state index < -0.39 is 0 Å². The van der Waals surface area contributed by atoms with Crippen molar-refractivity contribution in [1.29, 1.82) is 0 Å². The van der Waals surface area contributed by atoms with Gasteiger partial charge in [-0.1, -0.05) is 12.2 Å². The molecule has 80 valence electrons. The van der Waals surface area contributed by atoms with Gasteiger partial charge in [-0.3, -0.25) is 4.90 Å². The van der Waals surface area contributed by atoms with E-state index in [-0.39, 0.29) is 0 Å². The molecule has 0 amide bonds. The van der Waals surface area contributed by atoms with Crippen molar-refractivity contribution in [2.75, 3.05) is 39.8 Å². The number of allylic oxidation sites excluding steroid dienone is 1. The minimum atomic E-state index is 0.444. The summed E-state index contributed by atoms with van der Waals surface area (Å²) in [5.74, 6) is 0. The van der Waals surface area contributed by atoms with Gasteiger partial charge >= 0.3 is 0 Å². The third kappa shape index (κ3) is 2.00. The maximum atomic E-state index is 5.78. The van der Waals surface area contributed by atoms with Crippen molar-refractivity contribution < 1.29 is 4.74 Å². The van der Waals surface area contributed by atoms with Gasteiger partial charge < -0.3 is 9.64 Å². The van der Waals surface area contributed by atoms with Crippen molar-refractivity contribution in [2.24, 2.45) is 0 Å². The van der Waals surface area contributed by atoms with E-state index in [1.807, 2.05) is 0 Å². The summed E-state index contributed by atoms with van der Waals surface area (Å²) < 4.78 is 5.78. The Morgan fingerprint density at radius 3 is 3.07 bits per heavy atom. The SMILES string of the molecule is C/C=C/CN1CCOC2CN(C)CC21. The molecule has 2 heterocycles. The summed E-state index contributed by atoms with van der Waals surface area (Å²) in [6, 6.07) is 0.616. The monoisotopic (exact) mass is 196 g/mol. The van der Waals surface area contributed by atoms with Gasteiger partial charge in [0.25, 0.3) is 0 Å². The van der Waals surface area contributed by atoms with Gasteiger partial charge in [0.1, 0.15) is 0 Å². The minimum absolute atomic E-state index is 0.444. The third-order valence-electron chi connectivity index (χ3n) is 3.17. The zero-order chi connectivity index (χ0) is 9.97. The van der Waals surface area contributed by atoms with Crippen molar-refractivity contribution in [3.63, 3.8) is 0 Å². The first-order valence-corrected chi connectivity index (χ1v) is 5.46. The molecule has 0 aromatic carbocycles. The molecule has 2 atom stereocenters. The highest BCUT2D eigenvalue weighted by Gasteiger charge is 2.37. The first kappa shape index (κ1) is 10.1. The minimum Gasteiger partial charge on any atom is -0.374 e. The lowest BCUT2D eigenvalue weighted by Crippen LogP contribution is -2.50. The summed E-state index contributed by atoms with van der Waals surface area (Å²) in [6.07, 6.45) is 4.81. The van der Waals surface area contributed by atoms with Gasteiger partial charge in [0, 0.05) is 26.2 Å². The summed E-state index contributed by atoms with van der Waals surface area (Å²) in [7, 11) is 2.18. The number of likely N-dealkylation sites (tertiary alicyclic amines) is 1. The molecule has 0 saturated carbocycles. The molecule has 0 radical (unpaired) electrons. The Balaban J connectivity index is 1.96. The van der Waals surface area contributed by atoms with Crippen molar-refractivity contribution in [1.82, 2.24) is 9.80 Å². The number of ether oxygens (including phenoxy) is 1. The molecule has 0 aromatic rings. The van der Waals surface area contributed by atoms with Gasteiger partial charge in [-0.25, -0.2) is 0 Å². The zero-order valence-corrected chi connectivity index (χ0v) is 9.15. The van der Waals surface area contributed by atoms with Crippen LogP contribution in [0.25, 0.3) is 0 Å². The molecule has 0 spiro atoms. The molecule has 0 aromatic heterocycles. The Morgan fingerprint density at radius 2 is 2.29 bits per heavy atom. The summed E-state index contributed by atoms with van der Waals surface area (Å²) >= 11 is 0. The predicted octanol–water partition coefficient (Wildman–Crippen LogP) is 0.577. The molecule has 14 heavy (non-hydrogen) atoms. The molecule has 2 saturated heterocycles. The lowest BCUT2D eigenvalue weighted by atomic mass is 10.1. The smallest absolute Gasteiger partial charge is 0.0869 e. The maximum Gasteiger partial charge on any atom is 0.0869 e. The summed E-state index contributed by atoms with van der Waals surface area (Å²) in [5.41, 5.74) is 0. The fourth-order valence-corrected chi connectivity index (χ4v) is 2.41. The number of morpholine rings is 1. The molecule has 0 bridgehead atoms. The van der Waals surface area contributed by atoms with E-state index in [9.17, 15) is 0 Å². The normalized spacial score (nSPS) is 35.3. The van der Waals surface area contributed by atoms with Crippen LogP contribution >= 0.6 is 0 Å². The highest BCUT2D eigenvalue weighted by atomic mass is 16.5. The van der Waals surface area contributed by atoms with Crippen LogP contribution in [0, 0.1) is 0 Å². The summed E-state index contributed by atoms with van der Waals surface area (Å²) in [6.45, 7) is 7.39. The number of nitrogens with zero attached hydrogens (tertiary/aromatic N) is 2. The highest BCUT2D eigenvalue weighted by Crippen LogP contribution is 2.21. The summed E-state index contributed by atoms with van der Waals surface area (Å²) in [4.78, 5) is 4.90. The number of hydrogen-bond donors (Lipinski definition) is 0. The van der Waals surface area contributed by atoms with E-state index in [1.54, 1.807) is 0 Å². The maximum absolute atomic E-state index is 5.78. The second-order valence-electron chi connectivity index (χ2n) is 4.26. The Bertz CT molecular complexity index is 217. The van der Waals surface area contributed by atoms with Crippen LogP contribution in [0.5, 0.6) is 0 Å². The van der Waals surface area contributed by atoms with Crippen molar-refractivity contribution >= 4 is 0 Å². The molecule has 2 fully saturated rings. The van der Waals surface area contributed by atoms with E-state index in [2.05, 4.69) is 35.9 Å². The van der Waals surface area contributed by atoms with Gasteiger partial charge in [0.15, 0.2) is 0 Å².